The van der Waals surface area contributed by atoms with Gasteiger partial charge in [-0.15, -0.1) is 0 Å². The summed E-state index contributed by atoms with van der Waals surface area (Å²) in [4.78, 5) is 28.8. The number of rotatable bonds is 11. The Kier molecular flexibility index (Phi) is 10.1. The van der Waals surface area contributed by atoms with Crippen molar-refractivity contribution in [3.05, 3.63) is 89.7 Å². The van der Waals surface area contributed by atoms with Gasteiger partial charge < -0.3 is 15.0 Å². The zero-order valence-corrected chi connectivity index (χ0v) is 25.2. The molecule has 0 saturated carbocycles. The molecular weight excluding hydrogens is 545 g/mol. The summed E-state index contributed by atoms with van der Waals surface area (Å²) in [5, 5.41) is 2.94. The average Bonchev–Trinajstić information content (AvgIpc) is 2.91. The van der Waals surface area contributed by atoms with Crippen LogP contribution in [0.1, 0.15) is 45.2 Å². The molecule has 0 bridgehead atoms. The van der Waals surface area contributed by atoms with Gasteiger partial charge in [-0.2, -0.15) is 0 Å². The lowest BCUT2D eigenvalue weighted by Crippen LogP contribution is -2.55. The van der Waals surface area contributed by atoms with Gasteiger partial charge in [0.25, 0.3) is 10.0 Å². The second-order valence-corrected chi connectivity index (χ2v) is 12.7. The number of carbonyl (C=O) groups excluding carboxylic acids is 2. The molecule has 41 heavy (non-hydrogen) atoms. The number of aryl methyl sites for hydroxylation is 1. The predicted octanol–water partition coefficient (Wildman–Crippen LogP) is 5.06. The lowest BCUT2D eigenvalue weighted by Gasteiger charge is -2.34. The van der Waals surface area contributed by atoms with E-state index in [2.05, 4.69) is 5.32 Å². The summed E-state index contributed by atoms with van der Waals surface area (Å²) in [6.07, 6.45) is 0.291. The van der Waals surface area contributed by atoms with Crippen LogP contribution in [0.5, 0.6) is 5.75 Å². The monoisotopic (exact) mass is 583 g/mol. The number of sulfonamides is 1. The topological polar surface area (TPSA) is 96.0 Å². The van der Waals surface area contributed by atoms with E-state index in [1.165, 1.54) is 36.3 Å². The highest BCUT2D eigenvalue weighted by molar-refractivity contribution is 7.92. The number of carbonyl (C=O) groups is 2. The van der Waals surface area contributed by atoms with E-state index in [9.17, 15) is 22.4 Å². The lowest BCUT2D eigenvalue weighted by atomic mass is 10.1. The Hall–Kier alpha value is -3.92. The molecule has 220 valence electrons. The quantitative estimate of drug-likeness (QED) is 0.341. The molecule has 0 spiro atoms. The Balaban J connectivity index is 2.07. The molecule has 3 aromatic rings. The number of halogens is 1. The predicted molar refractivity (Wildman–Crippen MR) is 158 cm³/mol. The fourth-order valence-corrected chi connectivity index (χ4v) is 5.73. The van der Waals surface area contributed by atoms with Crippen molar-refractivity contribution in [1.29, 1.82) is 0 Å². The van der Waals surface area contributed by atoms with E-state index in [0.717, 1.165) is 22.0 Å². The zero-order valence-electron chi connectivity index (χ0n) is 24.3. The number of hydrogen-bond acceptors (Lipinski definition) is 5. The number of anilines is 1. The van der Waals surface area contributed by atoms with Crippen LogP contribution in [0.4, 0.5) is 10.1 Å². The molecule has 0 radical (unpaired) electrons. The molecule has 2 amide bonds. The van der Waals surface area contributed by atoms with E-state index < -0.39 is 39.9 Å². The van der Waals surface area contributed by atoms with Crippen molar-refractivity contribution in [2.75, 3.05) is 18.0 Å². The summed E-state index contributed by atoms with van der Waals surface area (Å²) in [5.74, 6) is -0.913. The van der Waals surface area contributed by atoms with Gasteiger partial charge in [-0.1, -0.05) is 36.8 Å². The molecular formula is C31H38FN3O5S. The molecule has 3 aromatic carbocycles. The number of ether oxygens (including phenoxy) is 1. The molecule has 1 N–H and O–H groups in total. The molecule has 0 aliphatic carbocycles. The van der Waals surface area contributed by atoms with Gasteiger partial charge in [-0.25, -0.2) is 12.8 Å². The van der Waals surface area contributed by atoms with Gasteiger partial charge in [0.15, 0.2) is 0 Å². The van der Waals surface area contributed by atoms with Crippen LogP contribution in [0.3, 0.4) is 0 Å². The summed E-state index contributed by atoms with van der Waals surface area (Å²) in [5.41, 5.74) is 1.14. The van der Waals surface area contributed by atoms with Crippen LogP contribution in [-0.2, 0) is 26.2 Å². The van der Waals surface area contributed by atoms with E-state index in [-0.39, 0.29) is 23.0 Å². The summed E-state index contributed by atoms with van der Waals surface area (Å²) < 4.78 is 47.8. The van der Waals surface area contributed by atoms with Crippen molar-refractivity contribution in [3.8, 4) is 5.75 Å². The van der Waals surface area contributed by atoms with Gasteiger partial charge in [-0.3, -0.25) is 13.9 Å². The minimum absolute atomic E-state index is 0.0166. The third kappa shape index (κ3) is 8.29. The third-order valence-electron chi connectivity index (χ3n) is 6.37. The van der Waals surface area contributed by atoms with Crippen LogP contribution in [0.15, 0.2) is 77.7 Å². The molecule has 1 atom stereocenters. The molecule has 0 unspecified atom stereocenters. The van der Waals surface area contributed by atoms with Gasteiger partial charge in [0.2, 0.25) is 11.8 Å². The second-order valence-electron chi connectivity index (χ2n) is 10.8. The minimum atomic E-state index is -4.23. The first-order valence-corrected chi connectivity index (χ1v) is 14.8. The van der Waals surface area contributed by atoms with Crippen molar-refractivity contribution in [2.45, 2.75) is 64.1 Å². The number of amides is 2. The van der Waals surface area contributed by atoms with Crippen molar-refractivity contribution < 1.29 is 27.1 Å². The summed E-state index contributed by atoms with van der Waals surface area (Å²) in [6.45, 7) is 8.59. The largest absolute Gasteiger partial charge is 0.497 e. The third-order valence-corrected chi connectivity index (χ3v) is 8.16. The first kappa shape index (κ1) is 31.6. The van der Waals surface area contributed by atoms with E-state index in [4.69, 9.17) is 4.74 Å². The maximum atomic E-state index is 14.1. The number of nitrogens with one attached hydrogen (secondary N) is 1. The zero-order chi connectivity index (χ0) is 30.4. The molecule has 0 aliphatic rings. The van der Waals surface area contributed by atoms with Crippen molar-refractivity contribution >= 4 is 27.5 Å². The lowest BCUT2D eigenvalue weighted by molar-refractivity contribution is -0.141. The number of hydrogen-bond donors (Lipinski definition) is 1. The van der Waals surface area contributed by atoms with Gasteiger partial charge in [0.1, 0.15) is 24.2 Å². The number of methoxy groups -OCH3 is 1. The van der Waals surface area contributed by atoms with Crippen molar-refractivity contribution in [1.82, 2.24) is 10.2 Å². The Labute approximate surface area is 242 Å². The number of benzene rings is 3. The molecule has 10 heteroatoms. The van der Waals surface area contributed by atoms with Crippen molar-refractivity contribution in [2.24, 2.45) is 0 Å². The number of nitrogens with zero attached hydrogens (tertiary/aromatic N) is 2. The molecule has 0 saturated heterocycles. The van der Waals surface area contributed by atoms with Crippen LogP contribution in [-0.4, -0.2) is 50.4 Å². The SMILES string of the molecule is CC[C@H](C(=O)NC(C)(C)C)N(Cc1cccc(OC)c1)C(=O)CN(c1ccc(F)cc1)S(=O)(=O)c1ccc(C)cc1. The molecule has 0 heterocycles. The highest BCUT2D eigenvalue weighted by Crippen LogP contribution is 2.26. The average molecular weight is 584 g/mol. The summed E-state index contributed by atoms with van der Waals surface area (Å²) >= 11 is 0. The molecule has 0 aliphatic heterocycles. The highest BCUT2D eigenvalue weighted by atomic mass is 32.2. The molecule has 3 rings (SSSR count). The Morgan fingerprint density at radius 2 is 1.63 bits per heavy atom. The van der Waals surface area contributed by atoms with E-state index in [1.807, 2.05) is 27.7 Å². The van der Waals surface area contributed by atoms with Crippen molar-refractivity contribution in [3.63, 3.8) is 0 Å². The molecule has 0 aromatic heterocycles. The Morgan fingerprint density at radius 1 is 1.00 bits per heavy atom. The maximum Gasteiger partial charge on any atom is 0.264 e. The van der Waals surface area contributed by atoms with Gasteiger partial charge in [0.05, 0.1) is 17.7 Å². The van der Waals surface area contributed by atoms with Gasteiger partial charge in [-0.05, 0) is 88.2 Å². The second kappa shape index (κ2) is 13.2. The maximum absolute atomic E-state index is 14.1. The first-order valence-electron chi connectivity index (χ1n) is 13.3. The van der Waals surface area contributed by atoms with Gasteiger partial charge in [0, 0.05) is 12.1 Å². The Bertz CT molecular complexity index is 1450. The summed E-state index contributed by atoms with van der Waals surface area (Å²) in [6, 6.07) is 17.4. The van der Waals surface area contributed by atoms with Crippen LogP contribution in [0.2, 0.25) is 0 Å². The van der Waals surface area contributed by atoms with Crippen LogP contribution >= 0.6 is 0 Å². The highest BCUT2D eigenvalue weighted by Gasteiger charge is 2.34. The summed E-state index contributed by atoms with van der Waals surface area (Å²) in [7, 11) is -2.70. The smallest absolute Gasteiger partial charge is 0.264 e. The standard InChI is InChI=1S/C31H38FN3O5S/c1-7-28(30(37)33-31(3,4)5)34(20-23-9-8-10-26(19-23)40-6)29(36)21-35(25-15-13-24(32)14-16-25)41(38,39)27-17-11-22(2)12-18-27/h8-19,28H,7,20-21H2,1-6H3,(H,33,37)/t28-/m1/s1. The fraction of sp³-hybridized carbons (Fsp3) is 0.355. The fourth-order valence-electron chi connectivity index (χ4n) is 4.31. The van der Waals surface area contributed by atoms with E-state index in [0.29, 0.717) is 17.7 Å². The van der Waals surface area contributed by atoms with Gasteiger partial charge >= 0.3 is 0 Å². The van der Waals surface area contributed by atoms with E-state index in [1.54, 1.807) is 43.3 Å². The normalized spacial score (nSPS) is 12.4. The first-order chi connectivity index (χ1) is 19.2. The van der Waals surface area contributed by atoms with Crippen LogP contribution in [0.25, 0.3) is 0 Å². The molecule has 8 nitrogen and oxygen atoms in total. The van der Waals surface area contributed by atoms with Crippen LogP contribution < -0.4 is 14.4 Å². The minimum Gasteiger partial charge on any atom is -0.497 e. The van der Waals surface area contributed by atoms with E-state index >= 15 is 0 Å². The van der Waals surface area contributed by atoms with Crippen LogP contribution in [0, 0.1) is 12.7 Å². The Morgan fingerprint density at radius 3 is 2.20 bits per heavy atom. The molecule has 0 fully saturated rings.